The van der Waals surface area contributed by atoms with Crippen molar-refractivity contribution >= 4 is 23.2 Å². The second-order valence-electron chi connectivity index (χ2n) is 7.30. The van der Waals surface area contributed by atoms with Crippen LogP contribution >= 0.6 is 11.3 Å². The van der Waals surface area contributed by atoms with Crippen LogP contribution in [0.15, 0.2) is 47.8 Å². The number of ether oxygens (including phenoxy) is 1. The summed E-state index contributed by atoms with van der Waals surface area (Å²) in [5, 5.41) is 8.02. The van der Waals surface area contributed by atoms with Gasteiger partial charge in [0, 0.05) is 24.0 Å². The number of carbonyl (C=O) groups is 2. The lowest BCUT2D eigenvalue weighted by Gasteiger charge is -2.07. The molecule has 0 spiro atoms. The smallest absolute Gasteiger partial charge is 0.270 e. The summed E-state index contributed by atoms with van der Waals surface area (Å²) in [6, 6.07) is 13.5. The Bertz CT molecular complexity index is 1020. The first-order valence-corrected chi connectivity index (χ1v) is 11.1. The summed E-state index contributed by atoms with van der Waals surface area (Å²) < 4.78 is 5.80. The second-order valence-corrected chi connectivity index (χ2v) is 8.24. The van der Waals surface area contributed by atoms with Gasteiger partial charge >= 0.3 is 0 Å². The standard InChI is InChI=1S/C24H27N3O3S/c1-4-18-5-7-19(8-6-18)23(28)25-9-10-26-24(29)21-15-31-22(27-21)14-30-20-12-16(2)11-17(3)13-20/h5-8,11-13,15H,4,9-10,14H2,1-3H3,(H,25,28)(H,26,29). The van der Waals surface area contributed by atoms with Gasteiger partial charge in [-0.3, -0.25) is 9.59 Å². The third-order valence-corrected chi connectivity index (χ3v) is 5.48. The molecule has 2 amide bonds. The number of nitrogens with one attached hydrogen (secondary N) is 2. The number of thiazole rings is 1. The number of nitrogens with zero attached hydrogens (tertiary/aromatic N) is 1. The van der Waals surface area contributed by atoms with Crippen LogP contribution in [-0.2, 0) is 13.0 Å². The Kier molecular flexibility index (Phi) is 7.78. The maximum Gasteiger partial charge on any atom is 0.270 e. The molecule has 0 aliphatic rings. The van der Waals surface area contributed by atoms with Crippen LogP contribution < -0.4 is 15.4 Å². The molecular weight excluding hydrogens is 410 g/mol. The van der Waals surface area contributed by atoms with Gasteiger partial charge in [-0.25, -0.2) is 4.98 Å². The molecule has 31 heavy (non-hydrogen) atoms. The van der Waals surface area contributed by atoms with Crippen molar-refractivity contribution in [2.24, 2.45) is 0 Å². The van der Waals surface area contributed by atoms with Gasteiger partial charge in [-0.05, 0) is 61.2 Å². The minimum Gasteiger partial charge on any atom is -0.486 e. The molecule has 0 bridgehead atoms. The third-order valence-electron chi connectivity index (χ3n) is 4.66. The summed E-state index contributed by atoms with van der Waals surface area (Å²) in [6.07, 6.45) is 0.935. The zero-order valence-electron chi connectivity index (χ0n) is 18.0. The molecule has 0 atom stereocenters. The van der Waals surface area contributed by atoms with Crippen LogP contribution in [0.3, 0.4) is 0 Å². The van der Waals surface area contributed by atoms with Gasteiger partial charge in [0.2, 0.25) is 0 Å². The highest BCUT2D eigenvalue weighted by atomic mass is 32.1. The Balaban J connectivity index is 1.41. The molecule has 0 fully saturated rings. The minimum atomic E-state index is -0.268. The van der Waals surface area contributed by atoms with E-state index in [1.54, 1.807) is 5.38 Å². The first-order chi connectivity index (χ1) is 14.9. The van der Waals surface area contributed by atoms with E-state index in [9.17, 15) is 9.59 Å². The first-order valence-electron chi connectivity index (χ1n) is 10.3. The van der Waals surface area contributed by atoms with Crippen molar-refractivity contribution in [2.75, 3.05) is 13.1 Å². The Labute approximate surface area is 186 Å². The molecule has 0 aliphatic carbocycles. The van der Waals surface area contributed by atoms with E-state index in [0.29, 0.717) is 31.0 Å². The van der Waals surface area contributed by atoms with Crippen LogP contribution in [0.1, 0.15) is 49.5 Å². The lowest BCUT2D eigenvalue weighted by molar-refractivity contribution is 0.0925. The highest BCUT2D eigenvalue weighted by Crippen LogP contribution is 2.19. The molecular formula is C24H27N3O3S. The fourth-order valence-corrected chi connectivity index (χ4v) is 3.76. The molecule has 3 aromatic rings. The molecule has 0 aliphatic heterocycles. The van der Waals surface area contributed by atoms with Crippen molar-refractivity contribution < 1.29 is 14.3 Å². The van der Waals surface area contributed by atoms with E-state index < -0.39 is 0 Å². The van der Waals surface area contributed by atoms with Crippen LogP contribution in [0.5, 0.6) is 5.75 Å². The molecule has 162 valence electrons. The topological polar surface area (TPSA) is 80.3 Å². The van der Waals surface area contributed by atoms with Gasteiger partial charge in [-0.2, -0.15) is 0 Å². The number of aromatic nitrogens is 1. The molecule has 7 heteroatoms. The van der Waals surface area contributed by atoms with Gasteiger partial charge in [-0.15, -0.1) is 11.3 Å². The number of aryl methyl sites for hydroxylation is 3. The predicted molar refractivity (Wildman–Crippen MR) is 123 cm³/mol. The van der Waals surface area contributed by atoms with Gasteiger partial charge < -0.3 is 15.4 Å². The zero-order valence-corrected chi connectivity index (χ0v) is 18.8. The maximum atomic E-state index is 12.3. The van der Waals surface area contributed by atoms with Crippen LogP contribution in [0, 0.1) is 13.8 Å². The molecule has 2 aromatic carbocycles. The fourth-order valence-electron chi connectivity index (χ4n) is 3.08. The highest BCUT2D eigenvalue weighted by Gasteiger charge is 2.11. The van der Waals surface area contributed by atoms with E-state index in [4.69, 9.17) is 4.74 Å². The predicted octanol–water partition coefficient (Wildman–Crippen LogP) is 4.06. The molecule has 0 unspecified atom stereocenters. The summed E-state index contributed by atoms with van der Waals surface area (Å²) >= 11 is 1.38. The summed E-state index contributed by atoms with van der Waals surface area (Å²) in [6.45, 7) is 7.09. The lowest BCUT2D eigenvalue weighted by Crippen LogP contribution is -2.34. The van der Waals surface area contributed by atoms with E-state index in [-0.39, 0.29) is 11.8 Å². The third kappa shape index (κ3) is 6.65. The SMILES string of the molecule is CCc1ccc(C(=O)NCCNC(=O)c2csc(COc3cc(C)cc(C)c3)n2)cc1. The van der Waals surface area contributed by atoms with Gasteiger partial charge in [-0.1, -0.05) is 25.1 Å². The highest BCUT2D eigenvalue weighted by molar-refractivity contribution is 7.09. The molecule has 6 nitrogen and oxygen atoms in total. The van der Waals surface area contributed by atoms with E-state index in [2.05, 4.69) is 28.6 Å². The van der Waals surface area contributed by atoms with Crippen molar-refractivity contribution in [3.63, 3.8) is 0 Å². The summed E-state index contributed by atoms with van der Waals surface area (Å²) in [4.78, 5) is 28.8. The Morgan fingerprint density at radius 3 is 2.26 bits per heavy atom. The Morgan fingerprint density at radius 1 is 0.968 bits per heavy atom. The zero-order chi connectivity index (χ0) is 22.2. The van der Waals surface area contributed by atoms with Gasteiger partial charge in [0.15, 0.2) is 0 Å². The molecule has 0 saturated carbocycles. The second kappa shape index (κ2) is 10.7. The average Bonchev–Trinajstić information content (AvgIpc) is 3.23. The van der Waals surface area contributed by atoms with Gasteiger partial charge in [0.25, 0.3) is 11.8 Å². The van der Waals surface area contributed by atoms with Crippen LogP contribution in [0.2, 0.25) is 0 Å². The van der Waals surface area contributed by atoms with Gasteiger partial charge in [0.05, 0.1) is 0 Å². The summed E-state index contributed by atoms with van der Waals surface area (Å²) in [7, 11) is 0. The fraction of sp³-hybridized carbons (Fsp3) is 0.292. The first kappa shape index (κ1) is 22.5. The van der Waals surface area contributed by atoms with Crippen molar-refractivity contribution in [3.8, 4) is 5.75 Å². The van der Waals surface area contributed by atoms with E-state index in [0.717, 1.165) is 28.3 Å². The normalized spacial score (nSPS) is 10.5. The molecule has 1 heterocycles. The van der Waals surface area contributed by atoms with Crippen molar-refractivity contribution in [3.05, 3.63) is 80.8 Å². The summed E-state index contributed by atoms with van der Waals surface area (Å²) in [5.41, 5.74) is 4.42. The number of amides is 2. The lowest BCUT2D eigenvalue weighted by atomic mass is 10.1. The number of benzene rings is 2. The van der Waals surface area contributed by atoms with E-state index in [1.165, 1.54) is 16.9 Å². The number of rotatable bonds is 9. The molecule has 2 N–H and O–H groups in total. The number of hydrogen-bond acceptors (Lipinski definition) is 5. The largest absolute Gasteiger partial charge is 0.486 e. The average molecular weight is 438 g/mol. The quantitative estimate of drug-likeness (QED) is 0.495. The van der Waals surface area contributed by atoms with Crippen molar-refractivity contribution in [1.82, 2.24) is 15.6 Å². The van der Waals surface area contributed by atoms with Crippen LogP contribution in [-0.4, -0.2) is 29.9 Å². The van der Waals surface area contributed by atoms with Crippen LogP contribution in [0.4, 0.5) is 0 Å². The molecule has 3 rings (SSSR count). The van der Waals surface area contributed by atoms with Gasteiger partial charge in [0.1, 0.15) is 23.1 Å². The van der Waals surface area contributed by atoms with E-state index in [1.807, 2.05) is 50.2 Å². The van der Waals surface area contributed by atoms with Crippen molar-refractivity contribution in [2.45, 2.75) is 33.8 Å². The minimum absolute atomic E-state index is 0.156. The number of hydrogen-bond donors (Lipinski definition) is 2. The molecule has 0 radical (unpaired) electrons. The summed E-state index contributed by atoms with van der Waals surface area (Å²) in [5.74, 6) is 0.366. The molecule has 1 aromatic heterocycles. The molecule has 0 saturated heterocycles. The monoisotopic (exact) mass is 437 g/mol. The van der Waals surface area contributed by atoms with E-state index >= 15 is 0 Å². The van der Waals surface area contributed by atoms with Crippen molar-refractivity contribution in [1.29, 1.82) is 0 Å². The Hall–Kier alpha value is -3.19. The number of carbonyl (C=O) groups excluding carboxylic acids is 2. The Morgan fingerprint density at radius 2 is 1.61 bits per heavy atom. The maximum absolute atomic E-state index is 12.3. The van der Waals surface area contributed by atoms with Crippen LogP contribution in [0.25, 0.3) is 0 Å².